The van der Waals surface area contributed by atoms with Crippen LogP contribution in [0.1, 0.15) is 78.6 Å². The Labute approximate surface area is 251 Å². The highest BCUT2D eigenvalue weighted by Crippen LogP contribution is 2.22. The first-order valence-corrected chi connectivity index (χ1v) is 14.5. The van der Waals surface area contributed by atoms with Gasteiger partial charge in [0.1, 0.15) is 18.1 Å². The Kier molecular flexibility index (Phi) is 18.8. The number of guanidine groups is 1. The molecule has 0 bridgehead atoms. The van der Waals surface area contributed by atoms with Crippen LogP contribution in [0.25, 0.3) is 0 Å². The van der Waals surface area contributed by atoms with Gasteiger partial charge in [-0.05, 0) is 70.8 Å². The van der Waals surface area contributed by atoms with Crippen LogP contribution in [0.4, 0.5) is 0 Å². The van der Waals surface area contributed by atoms with Crippen LogP contribution in [0.15, 0.2) is 17.3 Å². The predicted octanol–water partition coefficient (Wildman–Crippen LogP) is -0.786. The summed E-state index contributed by atoms with van der Waals surface area (Å²) in [5.74, 6) is -1.23. The summed E-state index contributed by atoms with van der Waals surface area (Å²) >= 11 is 0. The maximum absolute atomic E-state index is 13.3. The third-order valence-corrected chi connectivity index (χ3v) is 7.27. The van der Waals surface area contributed by atoms with E-state index in [4.69, 9.17) is 28.7 Å². The monoisotopic (exact) mass is 596 g/mol. The molecule has 2 fully saturated rings. The molecule has 2 heterocycles. The molecule has 2 saturated heterocycles. The van der Waals surface area contributed by atoms with Crippen molar-refractivity contribution < 1.29 is 19.2 Å². The molecular weight excluding hydrogens is 540 g/mol. The molecule has 3 unspecified atom stereocenters. The van der Waals surface area contributed by atoms with Gasteiger partial charge in [-0.25, -0.2) is 0 Å². The lowest BCUT2D eigenvalue weighted by Gasteiger charge is -2.31. The zero-order valence-electron chi connectivity index (χ0n) is 24.8. The molecule has 0 aromatic heterocycles. The Bertz CT molecular complexity index is 913. The first kappa shape index (κ1) is 38.6. The van der Waals surface area contributed by atoms with Crippen LogP contribution in [-0.2, 0) is 19.2 Å². The summed E-state index contributed by atoms with van der Waals surface area (Å²) in [7, 11) is 1.58. The Hall–Kier alpha value is -3.39. The molecule has 0 aromatic carbocycles. The number of nitrogens with two attached hydrogens (primary N) is 5. The van der Waals surface area contributed by atoms with Gasteiger partial charge in [-0.15, -0.1) is 0 Å². The van der Waals surface area contributed by atoms with Gasteiger partial charge in [0.15, 0.2) is 5.96 Å². The highest BCUT2D eigenvalue weighted by atomic mass is 16.2. The number of rotatable bonds is 14. The average molecular weight is 597 g/mol. The lowest BCUT2D eigenvalue weighted by atomic mass is 10.1. The second-order valence-electron chi connectivity index (χ2n) is 10.4. The first-order chi connectivity index (χ1) is 19.5. The third kappa shape index (κ3) is 12.6. The van der Waals surface area contributed by atoms with Crippen molar-refractivity contribution >= 4 is 29.6 Å². The summed E-state index contributed by atoms with van der Waals surface area (Å²) in [5.41, 5.74) is 28.7. The minimum atomic E-state index is -0.813. The quantitative estimate of drug-likeness (QED) is 0.0754. The summed E-state index contributed by atoms with van der Waals surface area (Å²) in [6, 6.07) is -2.92. The van der Waals surface area contributed by atoms with E-state index in [1.165, 1.54) is 9.80 Å². The Morgan fingerprint density at radius 2 is 1.52 bits per heavy atom. The predicted molar refractivity (Wildman–Crippen MR) is 167 cm³/mol. The Morgan fingerprint density at radius 3 is 2.05 bits per heavy atom. The van der Waals surface area contributed by atoms with Gasteiger partial charge in [0.05, 0.1) is 6.04 Å². The number of hydrogen-bond acceptors (Lipinski definition) is 8. The van der Waals surface area contributed by atoms with Crippen molar-refractivity contribution in [1.29, 1.82) is 0 Å². The molecule has 0 spiro atoms. The topological polar surface area (TPSA) is 241 Å². The van der Waals surface area contributed by atoms with E-state index in [1.54, 1.807) is 7.05 Å². The summed E-state index contributed by atoms with van der Waals surface area (Å²) in [5, 5.41) is 5.77. The van der Waals surface area contributed by atoms with Crippen molar-refractivity contribution in [2.24, 2.45) is 33.7 Å². The minimum Gasteiger partial charge on any atom is -0.403 e. The number of carbonyl (C=O) groups excluding carboxylic acids is 4. The molecule has 4 atom stereocenters. The van der Waals surface area contributed by atoms with Gasteiger partial charge in [-0.3, -0.25) is 24.2 Å². The number of nitrogens with zero attached hydrogens (tertiary/aromatic N) is 3. The van der Waals surface area contributed by atoms with Crippen LogP contribution in [-0.4, -0.2) is 96.8 Å². The fourth-order valence-electron chi connectivity index (χ4n) is 4.80. The van der Waals surface area contributed by atoms with Gasteiger partial charge >= 0.3 is 0 Å². The molecule has 2 aliphatic heterocycles. The molecule has 14 heteroatoms. The van der Waals surface area contributed by atoms with Crippen LogP contribution < -0.4 is 39.3 Å². The Morgan fingerprint density at radius 1 is 0.952 bits per heavy atom. The normalized spacial score (nSPS) is 19.6. The molecule has 14 nitrogen and oxygen atoms in total. The minimum absolute atomic E-state index is 0. The van der Waals surface area contributed by atoms with Crippen LogP contribution in [0.5, 0.6) is 0 Å². The second-order valence-corrected chi connectivity index (χ2v) is 10.4. The van der Waals surface area contributed by atoms with Crippen LogP contribution >= 0.6 is 0 Å². The van der Waals surface area contributed by atoms with Crippen molar-refractivity contribution in [3.8, 4) is 0 Å². The maximum atomic E-state index is 13.3. The number of nitrogens with one attached hydrogen (secondary N) is 2. The second kappa shape index (κ2) is 20.5. The standard InChI is InChI=1S/C23H43N9O4.C4H9N.CH4/c1-28-23(27)29-12-4-7-15(25)21(35)32-14-6-10-18(32)20(34)30-16(8-2-3-11-24)22(36)31-13-5-9-17(31)19(26)33;1-3-4(2)5;/h15-18H,2-14,24-25H2,1H3,(H2,26,33)(H,30,34)(H3,27,28,29);2-3,5H2,1H3;1H4/t15-,16?,17?,18?;;/m0../s1. The first-order valence-electron chi connectivity index (χ1n) is 14.5. The highest BCUT2D eigenvalue weighted by molar-refractivity contribution is 5.95. The smallest absolute Gasteiger partial charge is 0.245 e. The van der Waals surface area contributed by atoms with E-state index in [1.807, 2.05) is 6.92 Å². The molecule has 2 rings (SSSR count). The fraction of sp³-hybridized carbons (Fsp3) is 0.750. The van der Waals surface area contributed by atoms with Gasteiger partial charge in [-0.1, -0.05) is 20.9 Å². The average Bonchev–Trinajstić information content (AvgIpc) is 3.64. The number of primary amides is 1. The van der Waals surface area contributed by atoms with Crippen LogP contribution in [0, 0.1) is 0 Å². The molecule has 42 heavy (non-hydrogen) atoms. The number of likely N-dealkylation sites (tertiary alicyclic amines) is 2. The van der Waals surface area contributed by atoms with Gasteiger partial charge in [0.25, 0.3) is 0 Å². The van der Waals surface area contributed by atoms with Crippen molar-refractivity contribution in [3.05, 3.63) is 12.3 Å². The SMILES string of the molecule is C.C=C(N)CC.CN=C(N)NCCC[C@H](N)C(=O)N1CCCC1C(=O)NC(CCCCN)C(=O)N1CCCC1C(N)=O. The largest absolute Gasteiger partial charge is 0.403 e. The molecule has 0 aliphatic carbocycles. The number of aliphatic imine (C=N–C) groups is 1. The van der Waals surface area contributed by atoms with E-state index in [2.05, 4.69) is 22.2 Å². The molecule has 242 valence electrons. The van der Waals surface area contributed by atoms with E-state index in [9.17, 15) is 19.2 Å². The zero-order chi connectivity index (χ0) is 30.9. The van der Waals surface area contributed by atoms with Crippen molar-refractivity contribution in [3.63, 3.8) is 0 Å². The van der Waals surface area contributed by atoms with E-state index in [0.29, 0.717) is 89.9 Å². The van der Waals surface area contributed by atoms with Gasteiger partial charge in [-0.2, -0.15) is 0 Å². The number of carbonyl (C=O) groups is 4. The highest BCUT2D eigenvalue weighted by Gasteiger charge is 2.40. The van der Waals surface area contributed by atoms with Crippen molar-refractivity contribution in [2.75, 3.05) is 33.2 Å². The molecule has 0 radical (unpaired) electrons. The van der Waals surface area contributed by atoms with E-state index < -0.39 is 30.1 Å². The van der Waals surface area contributed by atoms with Crippen molar-refractivity contribution in [1.82, 2.24) is 20.4 Å². The lowest BCUT2D eigenvalue weighted by molar-refractivity contribution is -0.143. The van der Waals surface area contributed by atoms with E-state index in [0.717, 1.165) is 12.1 Å². The van der Waals surface area contributed by atoms with Gasteiger partial charge < -0.3 is 49.1 Å². The van der Waals surface area contributed by atoms with Gasteiger partial charge in [0.2, 0.25) is 23.6 Å². The van der Waals surface area contributed by atoms with E-state index in [-0.39, 0.29) is 25.1 Å². The summed E-state index contributed by atoms with van der Waals surface area (Å²) in [6.07, 6.45) is 6.02. The van der Waals surface area contributed by atoms with E-state index >= 15 is 0 Å². The fourth-order valence-corrected chi connectivity index (χ4v) is 4.80. The molecule has 12 N–H and O–H groups in total. The number of allylic oxidation sites excluding steroid dienone is 1. The third-order valence-electron chi connectivity index (χ3n) is 7.27. The zero-order valence-corrected chi connectivity index (χ0v) is 24.8. The maximum Gasteiger partial charge on any atom is 0.245 e. The van der Waals surface area contributed by atoms with Crippen LogP contribution in [0.2, 0.25) is 0 Å². The molecule has 4 amide bonds. The molecule has 0 aromatic rings. The van der Waals surface area contributed by atoms with Crippen molar-refractivity contribution in [2.45, 2.75) is 103 Å². The summed E-state index contributed by atoms with van der Waals surface area (Å²) in [4.78, 5) is 58.2. The number of unbranched alkanes of at least 4 members (excludes halogenated alkanes) is 1. The van der Waals surface area contributed by atoms with Crippen LogP contribution in [0.3, 0.4) is 0 Å². The van der Waals surface area contributed by atoms with Gasteiger partial charge in [0, 0.05) is 32.4 Å². The molecule has 2 aliphatic rings. The molecule has 0 saturated carbocycles. The Balaban J connectivity index is 0.00000257. The summed E-state index contributed by atoms with van der Waals surface area (Å²) < 4.78 is 0. The molecular formula is C28H56N10O4. The number of hydrogen-bond donors (Lipinski definition) is 7. The lowest BCUT2D eigenvalue weighted by Crippen LogP contribution is -2.57. The summed E-state index contributed by atoms with van der Waals surface area (Å²) in [6.45, 7) is 7.28. The number of amides is 4.